The molecule has 0 aliphatic heterocycles. The van der Waals surface area contributed by atoms with Gasteiger partial charge in [0.05, 0.1) is 0 Å². The maximum atomic E-state index is 12.5. The molecule has 0 amide bonds. The largest absolute Gasteiger partial charge is 0.480 e. The molecule has 1 aromatic carbocycles. The van der Waals surface area contributed by atoms with Gasteiger partial charge in [0, 0.05) is 0 Å². The molecule has 0 unspecified atom stereocenters. The molecule has 0 aromatic heterocycles. The minimum Gasteiger partial charge on any atom is -0.424 e. The average molecular weight is 180 g/mol. The van der Waals surface area contributed by atoms with Crippen molar-refractivity contribution in [2.45, 2.75) is 6.92 Å². The second-order valence-corrected chi connectivity index (χ2v) is 2.77. The average Bonchev–Trinajstić information content (AvgIpc) is 2.04. The maximum Gasteiger partial charge on any atom is 0.480 e. The van der Waals surface area contributed by atoms with Gasteiger partial charge in [-0.15, -0.1) is 0 Å². The van der Waals surface area contributed by atoms with Crippen molar-refractivity contribution in [2.75, 3.05) is 0 Å². The summed E-state index contributed by atoms with van der Waals surface area (Å²) in [5, 5.41) is 17.3. The van der Waals surface area contributed by atoms with Crippen molar-refractivity contribution in [3.05, 3.63) is 41.6 Å². The van der Waals surface area contributed by atoms with E-state index in [2.05, 4.69) is 0 Å². The Labute approximate surface area is 76.5 Å². The van der Waals surface area contributed by atoms with Crippen molar-refractivity contribution < 1.29 is 14.4 Å². The highest BCUT2D eigenvalue weighted by atomic mass is 19.1. The van der Waals surface area contributed by atoms with Crippen LogP contribution in [-0.4, -0.2) is 17.2 Å². The molecule has 0 saturated carbocycles. The summed E-state index contributed by atoms with van der Waals surface area (Å²) < 4.78 is 12.5. The Morgan fingerprint density at radius 3 is 2.31 bits per heavy atom. The molecule has 0 atom stereocenters. The van der Waals surface area contributed by atoms with Crippen LogP contribution in [0, 0.1) is 5.82 Å². The van der Waals surface area contributed by atoms with Gasteiger partial charge in [0.25, 0.3) is 0 Å². The summed E-state index contributed by atoms with van der Waals surface area (Å²) in [6.07, 6.45) is 0. The predicted octanol–water partition coefficient (Wildman–Crippen LogP) is 1.24. The third-order valence-corrected chi connectivity index (χ3v) is 1.70. The zero-order chi connectivity index (χ0) is 9.84. The topological polar surface area (TPSA) is 40.5 Å². The van der Waals surface area contributed by atoms with Crippen LogP contribution >= 0.6 is 0 Å². The van der Waals surface area contributed by atoms with Crippen LogP contribution in [0.4, 0.5) is 4.39 Å². The number of halogens is 1. The van der Waals surface area contributed by atoms with E-state index in [1.54, 1.807) is 19.1 Å². The molecule has 2 N–H and O–H groups in total. The van der Waals surface area contributed by atoms with Crippen LogP contribution < -0.4 is 0 Å². The molecule has 4 heteroatoms. The number of hydrogen-bond acceptors (Lipinski definition) is 2. The predicted molar refractivity (Wildman–Crippen MR) is 50.2 cm³/mol. The fraction of sp³-hybridized carbons (Fsp3) is 0.111. The molecule has 13 heavy (non-hydrogen) atoms. The molecule has 68 valence electrons. The van der Waals surface area contributed by atoms with Gasteiger partial charge in [-0.05, 0) is 24.6 Å². The van der Waals surface area contributed by atoms with Gasteiger partial charge in [-0.25, -0.2) is 4.39 Å². The van der Waals surface area contributed by atoms with Gasteiger partial charge >= 0.3 is 7.12 Å². The quantitative estimate of drug-likeness (QED) is 0.672. The second-order valence-electron chi connectivity index (χ2n) is 2.77. The smallest absolute Gasteiger partial charge is 0.424 e. The molecule has 1 rings (SSSR count). The Bertz CT molecular complexity index is 306. The lowest BCUT2D eigenvalue weighted by molar-refractivity contribution is 0.424. The Morgan fingerprint density at radius 2 is 1.85 bits per heavy atom. The van der Waals surface area contributed by atoms with E-state index in [4.69, 9.17) is 10.0 Å². The molecule has 0 heterocycles. The highest BCUT2D eigenvalue weighted by Gasteiger charge is 2.03. The van der Waals surface area contributed by atoms with Crippen molar-refractivity contribution >= 4 is 12.7 Å². The Balaban J connectivity index is 2.89. The number of allylic oxidation sites excluding steroid dienone is 1. The van der Waals surface area contributed by atoms with Crippen LogP contribution in [0.1, 0.15) is 12.5 Å². The second kappa shape index (κ2) is 4.21. The summed E-state index contributed by atoms with van der Waals surface area (Å²) in [5.41, 5.74) is 1.48. The molecular weight excluding hydrogens is 170 g/mol. The van der Waals surface area contributed by atoms with Crippen molar-refractivity contribution in [3.8, 4) is 0 Å². The summed E-state index contributed by atoms with van der Waals surface area (Å²) in [6, 6.07) is 5.83. The summed E-state index contributed by atoms with van der Waals surface area (Å²) in [4.78, 5) is 0. The first kappa shape index (κ1) is 9.96. The van der Waals surface area contributed by atoms with E-state index < -0.39 is 7.12 Å². The van der Waals surface area contributed by atoms with Crippen LogP contribution in [0.2, 0.25) is 0 Å². The SMILES string of the molecule is CC(=CB(O)O)c1ccc(F)cc1. The third kappa shape index (κ3) is 3.01. The van der Waals surface area contributed by atoms with Gasteiger partial charge in [-0.1, -0.05) is 23.7 Å². The minimum absolute atomic E-state index is 0.305. The minimum atomic E-state index is -1.47. The monoisotopic (exact) mass is 180 g/mol. The van der Waals surface area contributed by atoms with Crippen molar-refractivity contribution in [1.29, 1.82) is 0 Å². The van der Waals surface area contributed by atoms with E-state index in [0.717, 1.165) is 5.56 Å². The Morgan fingerprint density at radius 1 is 1.31 bits per heavy atom. The highest BCUT2D eigenvalue weighted by Crippen LogP contribution is 2.13. The van der Waals surface area contributed by atoms with Crippen LogP contribution in [-0.2, 0) is 0 Å². The first-order valence-corrected chi connectivity index (χ1v) is 3.90. The molecule has 0 spiro atoms. The zero-order valence-electron chi connectivity index (χ0n) is 7.24. The molecule has 0 fully saturated rings. The van der Waals surface area contributed by atoms with Gasteiger partial charge in [0.1, 0.15) is 5.82 Å². The highest BCUT2D eigenvalue weighted by molar-refractivity contribution is 6.49. The molecule has 0 saturated heterocycles. The molecule has 2 nitrogen and oxygen atoms in total. The van der Waals surface area contributed by atoms with Gasteiger partial charge in [0.2, 0.25) is 0 Å². The van der Waals surface area contributed by atoms with Crippen LogP contribution in [0.25, 0.3) is 5.57 Å². The molecule has 0 bridgehead atoms. The summed E-state index contributed by atoms with van der Waals surface area (Å²) >= 11 is 0. The Kier molecular flexibility index (Phi) is 3.22. The number of benzene rings is 1. The zero-order valence-corrected chi connectivity index (χ0v) is 7.24. The molecular formula is C9H10BFO2. The first-order chi connectivity index (χ1) is 6.09. The van der Waals surface area contributed by atoms with Gasteiger partial charge in [-0.3, -0.25) is 0 Å². The van der Waals surface area contributed by atoms with E-state index >= 15 is 0 Å². The van der Waals surface area contributed by atoms with E-state index in [1.807, 2.05) is 0 Å². The van der Waals surface area contributed by atoms with Crippen molar-refractivity contribution in [2.24, 2.45) is 0 Å². The lowest BCUT2D eigenvalue weighted by Crippen LogP contribution is -2.06. The van der Waals surface area contributed by atoms with E-state index in [0.29, 0.717) is 5.57 Å². The summed E-state index contributed by atoms with van der Waals surface area (Å²) in [6.45, 7) is 1.73. The Hall–Kier alpha value is -1.13. The standard InChI is InChI=1S/C9H10BFO2/c1-7(6-10(12)13)8-2-4-9(11)5-3-8/h2-6,12-13H,1H3. The molecule has 0 aliphatic rings. The van der Waals surface area contributed by atoms with Crippen LogP contribution in [0.3, 0.4) is 0 Å². The molecule has 0 aliphatic carbocycles. The number of rotatable bonds is 2. The maximum absolute atomic E-state index is 12.5. The van der Waals surface area contributed by atoms with Crippen LogP contribution in [0.5, 0.6) is 0 Å². The van der Waals surface area contributed by atoms with E-state index in [-0.39, 0.29) is 5.82 Å². The lowest BCUT2D eigenvalue weighted by Gasteiger charge is -2.00. The van der Waals surface area contributed by atoms with Gasteiger partial charge in [0.15, 0.2) is 0 Å². The van der Waals surface area contributed by atoms with E-state index in [9.17, 15) is 4.39 Å². The lowest BCUT2D eigenvalue weighted by atomic mass is 9.87. The first-order valence-electron chi connectivity index (χ1n) is 3.90. The van der Waals surface area contributed by atoms with E-state index in [1.165, 1.54) is 18.1 Å². The van der Waals surface area contributed by atoms with Crippen LogP contribution in [0.15, 0.2) is 30.2 Å². The normalized spacial score (nSPS) is 11.5. The van der Waals surface area contributed by atoms with Gasteiger partial charge in [-0.2, -0.15) is 0 Å². The molecule has 1 aromatic rings. The number of hydrogen-bond donors (Lipinski definition) is 2. The van der Waals surface area contributed by atoms with Crippen molar-refractivity contribution in [3.63, 3.8) is 0 Å². The van der Waals surface area contributed by atoms with Gasteiger partial charge < -0.3 is 10.0 Å². The third-order valence-electron chi connectivity index (χ3n) is 1.70. The molecule has 0 radical (unpaired) electrons. The summed E-state index contributed by atoms with van der Waals surface area (Å²) in [5.74, 6) is 0.980. The summed E-state index contributed by atoms with van der Waals surface area (Å²) in [7, 11) is -1.47. The van der Waals surface area contributed by atoms with Crippen molar-refractivity contribution in [1.82, 2.24) is 0 Å². The fourth-order valence-corrected chi connectivity index (χ4v) is 1.03. The fourth-order valence-electron chi connectivity index (χ4n) is 1.03.